The number of methoxy groups -OCH3 is 1. The van der Waals surface area contributed by atoms with Crippen LogP contribution in [0.1, 0.15) is 21.5 Å². The molecule has 0 aromatic heterocycles. The molecule has 0 atom stereocenters. The number of esters is 1. The van der Waals surface area contributed by atoms with Crippen LogP contribution in [0.2, 0.25) is 5.02 Å². The lowest BCUT2D eigenvalue weighted by atomic mass is 10.1. The van der Waals surface area contributed by atoms with Crippen LogP contribution in [-0.4, -0.2) is 43.4 Å². The van der Waals surface area contributed by atoms with Crippen LogP contribution in [0.15, 0.2) is 72.3 Å². The standard InChI is InChI=1S/C28H22ClN3O7/c1-16-4-3-5-19(12-16)30-24(33)15-39-23-11-6-17(14-22(23)29)13-21-25(34)31-28(37)32(26(21)35)20-9-7-18(8-10-20)27(36)38-2/h3-14H,15H2,1-2H3,(H,30,33)(H,31,34,37)/b21-13+. The first-order chi connectivity index (χ1) is 18.7. The second-order valence-electron chi connectivity index (χ2n) is 8.39. The van der Waals surface area contributed by atoms with Gasteiger partial charge < -0.3 is 14.8 Å². The Morgan fingerprint density at radius 3 is 2.44 bits per heavy atom. The van der Waals surface area contributed by atoms with E-state index in [0.717, 1.165) is 10.5 Å². The molecule has 0 saturated carbocycles. The van der Waals surface area contributed by atoms with Crippen LogP contribution in [0.25, 0.3) is 6.08 Å². The topological polar surface area (TPSA) is 131 Å². The first-order valence-corrected chi connectivity index (χ1v) is 11.9. The van der Waals surface area contributed by atoms with Gasteiger partial charge in [0.25, 0.3) is 17.7 Å². The fourth-order valence-electron chi connectivity index (χ4n) is 3.71. The molecular weight excluding hydrogens is 526 g/mol. The highest BCUT2D eigenvalue weighted by molar-refractivity contribution is 6.39. The summed E-state index contributed by atoms with van der Waals surface area (Å²) in [6, 6.07) is 16.4. The molecule has 5 amide bonds. The third kappa shape index (κ3) is 6.31. The number of barbiturate groups is 1. The van der Waals surface area contributed by atoms with Crippen molar-refractivity contribution in [3.8, 4) is 5.75 Å². The molecule has 3 aromatic rings. The van der Waals surface area contributed by atoms with Crippen LogP contribution in [0, 0.1) is 6.92 Å². The maximum atomic E-state index is 13.1. The number of nitrogens with zero attached hydrogens (tertiary/aromatic N) is 1. The molecule has 0 unspecified atom stereocenters. The minimum atomic E-state index is -0.932. The van der Waals surface area contributed by atoms with Crippen LogP contribution in [0.5, 0.6) is 5.75 Å². The Bertz CT molecular complexity index is 1520. The number of halogens is 1. The predicted octanol–water partition coefficient (Wildman–Crippen LogP) is 4.12. The van der Waals surface area contributed by atoms with Crippen molar-refractivity contribution in [2.45, 2.75) is 6.92 Å². The molecule has 2 N–H and O–H groups in total. The van der Waals surface area contributed by atoms with E-state index in [0.29, 0.717) is 11.3 Å². The Hall–Kier alpha value is -4.96. The zero-order valence-electron chi connectivity index (χ0n) is 20.8. The van der Waals surface area contributed by atoms with E-state index in [1.165, 1.54) is 49.6 Å². The molecule has 1 fully saturated rings. The number of imide groups is 2. The van der Waals surface area contributed by atoms with Gasteiger partial charge in [-0.3, -0.25) is 19.7 Å². The molecule has 4 rings (SSSR count). The molecular formula is C28H22ClN3O7. The smallest absolute Gasteiger partial charge is 0.337 e. The van der Waals surface area contributed by atoms with Crippen molar-refractivity contribution in [1.29, 1.82) is 0 Å². The summed E-state index contributed by atoms with van der Waals surface area (Å²) in [5.74, 6) is -2.48. The second-order valence-corrected chi connectivity index (χ2v) is 8.80. The van der Waals surface area contributed by atoms with E-state index in [4.69, 9.17) is 16.3 Å². The number of carbonyl (C=O) groups excluding carboxylic acids is 5. The minimum absolute atomic E-state index is 0.141. The number of ether oxygens (including phenoxy) is 2. The van der Waals surface area contributed by atoms with E-state index in [1.54, 1.807) is 12.1 Å². The molecule has 0 spiro atoms. The van der Waals surface area contributed by atoms with Crippen molar-refractivity contribution in [2.24, 2.45) is 0 Å². The highest BCUT2D eigenvalue weighted by atomic mass is 35.5. The number of amides is 5. The SMILES string of the molecule is COC(=O)c1ccc(N2C(=O)NC(=O)/C(=C\c3ccc(OCC(=O)Nc4cccc(C)c4)c(Cl)c3)C2=O)cc1. The largest absolute Gasteiger partial charge is 0.482 e. The quantitative estimate of drug-likeness (QED) is 0.258. The minimum Gasteiger partial charge on any atom is -0.482 e. The first kappa shape index (κ1) is 27.1. The van der Waals surface area contributed by atoms with Gasteiger partial charge in [-0.15, -0.1) is 0 Å². The van der Waals surface area contributed by atoms with E-state index in [9.17, 15) is 24.0 Å². The van der Waals surface area contributed by atoms with Crippen LogP contribution < -0.4 is 20.3 Å². The zero-order chi connectivity index (χ0) is 28.1. The third-order valence-corrected chi connectivity index (χ3v) is 5.87. The number of urea groups is 1. The number of benzene rings is 3. The molecule has 10 nitrogen and oxygen atoms in total. The van der Waals surface area contributed by atoms with Crippen molar-refractivity contribution < 1.29 is 33.4 Å². The monoisotopic (exact) mass is 547 g/mol. The molecule has 1 saturated heterocycles. The third-order valence-electron chi connectivity index (χ3n) is 5.58. The van der Waals surface area contributed by atoms with Crippen molar-refractivity contribution in [3.05, 3.63) is 94.0 Å². The normalized spacial score (nSPS) is 14.2. The van der Waals surface area contributed by atoms with Gasteiger partial charge in [0, 0.05) is 5.69 Å². The van der Waals surface area contributed by atoms with Gasteiger partial charge in [-0.25, -0.2) is 14.5 Å². The lowest BCUT2D eigenvalue weighted by molar-refractivity contribution is -0.122. The Labute approximate surface area is 228 Å². The molecule has 39 heavy (non-hydrogen) atoms. The summed E-state index contributed by atoms with van der Waals surface area (Å²) in [4.78, 5) is 62.7. The van der Waals surface area contributed by atoms with E-state index < -0.39 is 23.8 Å². The summed E-state index contributed by atoms with van der Waals surface area (Å²) >= 11 is 6.31. The summed E-state index contributed by atoms with van der Waals surface area (Å²) in [5, 5.41) is 4.99. The summed E-state index contributed by atoms with van der Waals surface area (Å²) in [6.07, 6.45) is 1.28. The first-order valence-electron chi connectivity index (χ1n) is 11.5. The summed E-state index contributed by atoms with van der Waals surface area (Å²) in [7, 11) is 1.23. The second kappa shape index (κ2) is 11.6. The number of nitrogens with one attached hydrogen (secondary N) is 2. The molecule has 1 aliphatic heterocycles. The zero-order valence-corrected chi connectivity index (χ0v) is 21.6. The highest BCUT2D eigenvalue weighted by Crippen LogP contribution is 2.28. The van der Waals surface area contributed by atoms with Crippen LogP contribution >= 0.6 is 11.6 Å². The molecule has 0 radical (unpaired) electrons. The number of hydrogen-bond donors (Lipinski definition) is 2. The van der Waals surface area contributed by atoms with E-state index in [-0.39, 0.29) is 40.1 Å². The van der Waals surface area contributed by atoms with Gasteiger partial charge in [-0.05, 0) is 72.7 Å². The molecule has 0 aliphatic carbocycles. The Morgan fingerprint density at radius 2 is 1.77 bits per heavy atom. The van der Waals surface area contributed by atoms with Gasteiger partial charge >= 0.3 is 12.0 Å². The molecule has 3 aromatic carbocycles. The van der Waals surface area contributed by atoms with Crippen LogP contribution in [0.4, 0.5) is 16.2 Å². The predicted molar refractivity (Wildman–Crippen MR) is 144 cm³/mol. The average molecular weight is 548 g/mol. The van der Waals surface area contributed by atoms with Gasteiger partial charge in [0.05, 0.1) is 23.4 Å². The van der Waals surface area contributed by atoms with Gasteiger partial charge in [0.2, 0.25) is 0 Å². The molecule has 198 valence electrons. The molecule has 1 heterocycles. The van der Waals surface area contributed by atoms with Gasteiger partial charge in [-0.1, -0.05) is 29.8 Å². The van der Waals surface area contributed by atoms with E-state index in [2.05, 4.69) is 15.4 Å². The number of anilines is 2. The Kier molecular flexibility index (Phi) is 8.07. The van der Waals surface area contributed by atoms with E-state index in [1.807, 2.05) is 25.1 Å². The molecule has 0 bridgehead atoms. The summed E-state index contributed by atoms with van der Waals surface area (Å²) in [5.41, 5.74) is 2.07. The fraction of sp³-hybridized carbons (Fsp3) is 0.107. The molecule has 11 heteroatoms. The lowest BCUT2D eigenvalue weighted by Gasteiger charge is -2.26. The van der Waals surface area contributed by atoms with Crippen LogP contribution in [-0.2, 0) is 19.1 Å². The number of hydrogen-bond acceptors (Lipinski definition) is 7. The Balaban J connectivity index is 1.48. The maximum Gasteiger partial charge on any atom is 0.337 e. The lowest BCUT2D eigenvalue weighted by Crippen LogP contribution is -2.54. The number of carbonyl (C=O) groups is 5. The van der Waals surface area contributed by atoms with E-state index >= 15 is 0 Å². The van der Waals surface area contributed by atoms with Gasteiger partial charge in [0.1, 0.15) is 11.3 Å². The van der Waals surface area contributed by atoms with Crippen molar-refractivity contribution in [1.82, 2.24) is 5.32 Å². The maximum absolute atomic E-state index is 13.1. The number of rotatable bonds is 7. The van der Waals surface area contributed by atoms with Crippen LogP contribution in [0.3, 0.4) is 0 Å². The van der Waals surface area contributed by atoms with Gasteiger partial charge in [0.15, 0.2) is 6.61 Å². The summed E-state index contributed by atoms with van der Waals surface area (Å²) < 4.78 is 10.2. The van der Waals surface area contributed by atoms with Gasteiger partial charge in [-0.2, -0.15) is 0 Å². The number of aryl methyl sites for hydroxylation is 1. The van der Waals surface area contributed by atoms with Crippen molar-refractivity contribution >= 4 is 58.8 Å². The fourth-order valence-corrected chi connectivity index (χ4v) is 3.95. The summed E-state index contributed by atoms with van der Waals surface area (Å²) in [6.45, 7) is 1.62. The molecule has 1 aliphatic rings. The highest BCUT2D eigenvalue weighted by Gasteiger charge is 2.36. The Morgan fingerprint density at radius 1 is 1.03 bits per heavy atom. The van der Waals surface area contributed by atoms with Crippen molar-refractivity contribution in [2.75, 3.05) is 23.9 Å². The average Bonchev–Trinajstić information content (AvgIpc) is 2.90. The van der Waals surface area contributed by atoms with Crippen molar-refractivity contribution in [3.63, 3.8) is 0 Å².